The van der Waals surface area contributed by atoms with Crippen LogP contribution < -0.4 is 4.90 Å². The Morgan fingerprint density at radius 1 is 1.25 bits per heavy atom. The van der Waals surface area contributed by atoms with E-state index in [1.165, 1.54) is 11.6 Å². The molecule has 1 unspecified atom stereocenters. The monoisotopic (exact) mass is 322 g/mol. The van der Waals surface area contributed by atoms with Crippen molar-refractivity contribution >= 4 is 11.5 Å². The largest absolute Gasteiger partial charge is 0.353 e. The van der Waals surface area contributed by atoms with Crippen LogP contribution in [-0.4, -0.2) is 22.5 Å². The van der Waals surface area contributed by atoms with Gasteiger partial charge in [0.2, 0.25) is 5.69 Å². The minimum Gasteiger partial charge on any atom is -0.353 e. The third-order valence-corrected chi connectivity index (χ3v) is 4.40. The van der Waals surface area contributed by atoms with Crippen molar-refractivity contribution in [2.75, 3.05) is 11.4 Å². The molecular weight excluding hydrogens is 304 g/mol. The molecule has 0 bridgehead atoms. The van der Waals surface area contributed by atoms with Crippen molar-refractivity contribution in [1.29, 1.82) is 5.26 Å². The zero-order chi connectivity index (χ0) is 16.9. The third kappa shape index (κ3) is 3.35. The summed E-state index contributed by atoms with van der Waals surface area (Å²) in [6, 6.07) is 15.4. The molecule has 1 saturated heterocycles. The zero-order valence-electron chi connectivity index (χ0n) is 13.3. The van der Waals surface area contributed by atoms with E-state index in [0.29, 0.717) is 11.9 Å². The number of hydrogen-bond donors (Lipinski definition) is 0. The van der Waals surface area contributed by atoms with E-state index in [1.807, 2.05) is 24.3 Å². The summed E-state index contributed by atoms with van der Waals surface area (Å²) in [7, 11) is 0. The number of rotatable bonds is 4. The fourth-order valence-electron chi connectivity index (χ4n) is 3.23. The van der Waals surface area contributed by atoms with Gasteiger partial charge in [-0.05, 0) is 37.3 Å². The van der Waals surface area contributed by atoms with E-state index < -0.39 is 4.92 Å². The average Bonchev–Trinajstić information content (AvgIpc) is 2.62. The number of benzene rings is 1. The average molecular weight is 322 g/mol. The van der Waals surface area contributed by atoms with Crippen molar-refractivity contribution in [3.63, 3.8) is 0 Å². The van der Waals surface area contributed by atoms with Crippen molar-refractivity contribution in [1.82, 2.24) is 4.98 Å². The Morgan fingerprint density at radius 2 is 2.04 bits per heavy atom. The lowest BCUT2D eigenvalue weighted by molar-refractivity contribution is -0.385. The first kappa shape index (κ1) is 15.9. The van der Waals surface area contributed by atoms with Gasteiger partial charge in [0, 0.05) is 18.7 Å². The minimum absolute atomic E-state index is 0.124. The van der Waals surface area contributed by atoms with E-state index in [-0.39, 0.29) is 11.4 Å². The minimum atomic E-state index is -0.563. The van der Waals surface area contributed by atoms with Crippen LogP contribution in [0.5, 0.6) is 0 Å². The molecule has 3 rings (SSSR count). The number of piperidine rings is 1. The molecule has 1 atom stereocenters. The summed E-state index contributed by atoms with van der Waals surface area (Å²) < 4.78 is 0. The number of nitrogens with zero attached hydrogens (tertiary/aromatic N) is 4. The van der Waals surface area contributed by atoms with Gasteiger partial charge in [0.15, 0.2) is 0 Å². The first-order valence-electron chi connectivity index (χ1n) is 8.05. The van der Waals surface area contributed by atoms with Crippen LogP contribution in [0.25, 0.3) is 0 Å². The van der Waals surface area contributed by atoms with Gasteiger partial charge >= 0.3 is 5.69 Å². The van der Waals surface area contributed by atoms with E-state index in [1.54, 1.807) is 6.07 Å². The quantitative estimate of drug-likeness (QED) is 0.636. The summed E-state index contributed by atoms with van der Waals surface area (Å²) in [4.78, 5) is 16.8. The number of nitriles is 1. The topological polar surface area (TPSA) is 83.1 Å². The predicted octanol–water partition coefficient (Wildman–Crippen LogP) is 3.46. The Balaban J connectivity index is 1.88. The predicted molar refractivity (Wildman–Crippen MR) is 90.7 cm³/mol. The molecule has 6 nitrogen and oxygen atoms in total. The Bertz CT molecular complexity index is 770. The molecule has 0 saturated carbocycles. The molecule has 0 spiro atoms. The standard InChI is InChI=1S/C18H18N4O2/c19-13-16-17(22(23)24)9-10-18(20-16)21-11-5-4-8-15(21)12-14-6-2-1-3-7-14/h1-3,6-7,9-10,15H,4-5,8,11-12H2. The van der Waals surface area contributed by atoms with Crippen molar-refractivity contribution in [2.45, 2.75) is 31.7 Å². The van der Waals surface area contributed by atoms with Crippen LogP contribution in [0.4, 0.5) is 11.5 Å². The Hall–Kier alpha value is -2.94. The second-order valence-corrected chi connectivity index (χ2v) is 5.94. The van der Waals surface area contributed by atoms with E-state index >= 15 is 0 Å². The van der Waals surface area contributed by atoms with Crippen molar-refractivity contribution in [3.8, 4) is 6.07 Å². The SMILES string of the molecule is N#Cc1nc(N2CCCCC2Cc2ccccc2)ccc1[N+](=O)[O-]. The van der Waals surface area contributed by atoms with Gasteiger partial charge in [0.25, 0.3) is 0 Å². The lowest BCUT2D eigenvalue weighted by Crippen LogP contribution is -2.41. The summed E-state index contributed by atoms with van der Waals surface area (Å²) in [6.07, 6.45) is 4.18. The molecule has 0 amide bonds. The van der Waals surface area contributed by atoms with Gasteiger partial charge in [0.05, 0.1) is 4.92 Å². The van der Waals surface area contributed by atoms with Gasteiger partial charge in [-0.1, -0.05) is 30.3 Å². The second kappa shape index (κ2) is 7.09. The van der Waals surface area contributed by atoms with E-state index in [9.17, 15) is 10.1 Å². The molecule has 2 heterocycles. The number of hydrogen-bond acceptors (Lipinski definition) is 5. The van der Waals surface area contributed by atoms with Crippen LogP contribution in [0.3, 0.4) is 0 Å². The van der Waals surface area contributed by atoms with Crippen molar-refractivity contribution in [3.05, 3.63) is 63.8 Å². The zero-order valence-corrected chi connectivity index (χ0v) is 13.3. The van der Waals surface area contributed by atoms with Crippen LogP contribution in [0.1, 0.15) is 30.5 Å². The molecule has 6 heteroatoms. The third-order valence-electron chi connectivity index (χ3n) is 4.40. The molecule has 2 aromatic rings. The lowest BCUT2D eigenvalue weighted by atomic mass is 9.95. The highest BCUT2D eigenvalue weighted by molar-refractivity contribution is 5.52. The summed E-state index contributed by atoms with van der Waals surface area (Å²) in [5.74, 6) is 0.651. The van der Waals surface area contributed by atoms with Crippen LogP contribution in [0, 0.1) is 21.4 Å². The molecular formula is C18H18N4O2. The Morgan fingerprint density at radius 3 is 2.75 bits per heavy atom. The second-order valence-electron chi connectivity index (χ2n) is 5.94. The summed E-state index contributed by atoms with van der Waals surface area (Å²) in [5, 5.41) is 20.1. The normalized spacial score (nSPS) is 17.3. The maximum Gasteiger partial charge on any atom is 0.305 e. The fraction of sp³-hybridized carbons (Fsp3) is 0.333. The molecule has 1 fully saturated rings. The van der Waals surface area contributed by atoms with Gasteiger partial charge in [-0.3, -0.25) is 10.1 Å². The van der Waals surface area contributed by atoms with Crippen LogP contribution in [0.15, 0.2) is 42.5 Å². The summed E-state index contributed by atoms with van der Waals surface area (Å²) in [5.41, 5.74) is 0.899. The molecule has 0 aliphatic carbocycles. The molecule has 1 aliphatic heterocycles. The summed E-state index contributed by atoms with van der Waals surface area (Å²) >= 11 is 0. The highest BCUT2D eigenvalue weighted by Crippen LogP contribution is 2.28. The van der Waals surface area contributed by atoms with Crippen LogP contribution >= 0.6 is 0 Å². The van der Waals surface area contributed by atoms with Crippen LogP contribution in [-0.2, 0) is 6.42 Å². The van der Waals surface area contributed by atoms with Gasteiger partial charge in [-0.25, -0.2) is 4.98 Å². The number of aromatic nitrogens is 1. The Kier molecular flexibility index (Phi) is 4.71. The fourth-order valence-corrected chi connectivity index (χ4v) is 3.23. The highest BCUT2D eigenvalue weighted by atomic mass is 16.6. The first-order valence-corrected chi connectivity index (χ1v) is 8.05. The van der Waals surface area contributed by atoms with Crippen molar-refractivity contribution in [2.24, 2.45) is 0 Å². The molecule has 122 valence electrons. The molecule has 0 radical (unpaired) electrons. The molecule has 24 heavy (non-hydrogen) atoms. The molecule has 1 aliphatic rings. The maximum absolute atomic E-state index is 11.0. The van der Waals surface area contributed by atoms with E-state index in [2.05, 4.69) is 22.0 Å². The van der Waals surface area contributed by atoms with E-state index in [4.69, 9.17) is 5.26 Å². The first-order chi connectivity index (χ1) is 11.7. The van der Waals surface area contributed by atoms with Gasteiger partial charge in [0.1, 0.15) is 11.9 Å². The molecule has 1 aromatic heterocycles. The van der Waals surface area contributed by atoms with Crippen LogP contribution in [0.2, 0.25) is 0 Å². The number of pyridine rings is 1. The Labute approximate surface area is 140 Å². The number of anilines is 1. The van der Waals surface area contributed by atoms with Crippen molar-refractivity contribution < 1.29 is 4.92 Å². The van der Waals surface area contributed by atoms with E-state index in [0.717, 1.165) is 32.2 Å². The number of nitro groups is 1. The van der Waals surface area contributed by atoms with Gasteiger partial charge < -0.3 is 4.90 Å². The van der Waals surface area contributed by atoms with Gasteiger partial charge in [-0.2, -0.15) is 5.26 Å². The smallest absolute Gasteiger partial charge is 0.305 e. The summed E-state index contributed by atoms with van der Waals surface area (Å²) in [6.45, 7) is 0.854. The maximum atomic E-state index is 11.0. The highest BCUT2D eigenvalue weighted by Gasteiger charge is 2.26. The molecule has 0 N–H and O–H groups in total. The van der Waals surface area contributed by atoms with Gasteiger partial charge in [-0.15, -0.1) is 0 Å². The lowest BCUT2D eigenvalue weighted by Gasteiger charge is -2.37. The molecule has 1 aromatic carbocycles.